The van der Waals surface area contributed by atoms with Crippen LogP contribution in [0.15, 0.2) is 15.2 Å². The van der Waals surface area contributed by atoms with E-state index in [2.05, 4.69) is 21.0 Å². The zero-order chi connectivity index (χ0) is 11.2. The molecule has 0 radical (unpaired) electrons. The largest absolute Gasteiger partial charge is 0.454 e. The fourth-order valence-electron chi connectivity index (χ4n) is 1.58. The third-order valence-corrected chi connectivity index (χ3v) is 2.87. The van der Waals surface area contributed by atoms with E-state index < -0.39 is 0 Å². The molecule has 0 aliphatic heterocycles. The maximum absolute atomic E-state index is 5.86. The predicted molar refractivity (Wildman–Crippen MR) is 62.5 cm³/mol. The molecule has 0 atom stereocenters. The summed E-state index contributed by atoms with van der Waals surface area (Å²) in [7, 11) is 1.83. The van der Waals surface area contributed by atoms with Crippen LogP contribution >= 0.6 is 15.9 Å². The van der Waals surface area contributed by atoms with Gasteiger partial charge in [0.15, 0.2) is 4.67 Å². The molecule has 15 heavy (non-hydrogen) atoms. The van der Waals surface area contributed by atoms with Gasteiger partial charge in [0, 0.05) is 24.2 Å². The highest BCUT2D eigenvalue weighted by atomic mass is 79.9. The Morgan fingerprint density at radius 2 is 2.13 bits per heavy atom. The molecule has 5 heteroatoms. The van der Waals surface area contributed by atoms with Gasteiger partial charge in [-0.05, 0) is 29.8 Å². The van der Waals surface area contributed by atoms with Gasteiger partial charge in [-0.2, -0.15) is 5.10 Å². The average Bonchev–Trinajstić information content (AvgIpc) is 2.61. The van der Waals surface area contributed by atoms with Crippen molar-refractivity contribution in [3.05, 3.63) is 22.1 Å². The van der Waals surface area contributed by atoms with Crippen molar-refractivity contribution in [1.29, 1.82) is 0 Å². The minimum Gasteiger partial charge on any atom is -0.454 e. The summed E-state index contributed by atoms with van der Waals surface area (Å²) in [6.45, 7) is 3.86. The van der Waals surface area contributed by atoms with Crippen molar-refractivity contribution >= 4 is 21.7 Å². The summed E-state index contributed by atoms with van der Waals surface area (Å²) in [5.74, 6) is 1.52. The fraction of sp³-hybridized carbons (Fsp3) is 0.300. The molecule has 2 aromatic heterocycles. The van der Waals surface area contributed by atoms with Crippen LogP contribution in [0.3, 0.4) is 0 Å². The van der Waals surface area contributed by atoms with Gasteiger partial charge < -0.3 is 10.2 Å². The number of rotatable bonds is 1. The Morgan fingerprint density at radius 1 is 1.47 bits per heavy atom. The standard InChI is InChI=1S/C10H12BrN3O/c1-5-9(13-14(3)10(5)12)7-4-8(11)15-6(7)2/h4H,12H2,1-3H3. The van der Waals surface area contributed by atoms with Gasteiger partial charge in [0.1, 0.15) is 17.3 Å². The Morgan fingerprint density at radius 3 is 2.53 bits per heavy atom. The number of hydrogen-bond acceptors (Lipinski definition) is 3. The summed E-state index contributed by atoms with van der Waals surface area (Å²) >= 11 is 3.30. The van der Waals surface area contributed by atoms with Crippen LogP contribution in [0.1, 0.15) is 11.3 Å². The van der Waals surface area contributed by atoms with Gasteiger partial charge in [-0.15, -0.1) is 0 Å². The van der Waals surface area contributed by atoms with E-state index in [1.165, 1.54) is 0 Å². The van der Waals surface area contributed by atoms with Crippen LogP contribution in [0.5, 0.6) is 0 Å². The number of halogens is 1. The summed E-state index contributed by atoms with van der Waals surface area (Å²) in [5, 5.41) is 4.36. The highest BCUT2D eigenvalue weighted by Gasteiger charge is 2.16. The molecule has 2 aromatic rings. The second kappa shape index (κ2) is 3.41. The molecule has 0 bridgehead atoms. The Kier molecular flexibility index (Phi) is 2.34. The van der Waals surface area contributed by atoms with Crippen molar-refractivity contribution < 1.29 is 4.42 Å². The molecule has 2 N–H and O–H groups in total. The smallest absolute Gasteiger partial charge is 0.170 e. The summed E-state index contributed by atoms with van der Waals surface area (Å²) in [6, 6.07) is 1.91. The molecule has 0 aliphatic rings. The van der Waals surface area contributed by atoms with Crippen LogP contribution in [-0.2, 0) is 7.05 Å². The number of aryl methyl sites for hydroxylation is 2. The van der Waals surface area contributed by atoms with E-state index >= 15 is 0 Å². The summed E-state index contributed by atoms with van der Waals surface area (Å²) in [5.41, 5.74) is 8.69. The van der Waals surface area contributed by atoms with Crippen LogP contribution in [0, 0.1) is 13.8 Å². The van der Waals surface area contributed by atoms with Gasteiger partial charge in [0.05, 0.1) is 0 Å². The highest BCUT2D eigenvalue weighted by Crippen LogP contribution is 2.32. The summed E-state index contributed by atoms with van der Waals surface area (Å²) in [6.07, 6.45) is 0. The Balaban J connectivity index is 2.64. The monoisotopic (exact) mass is 269 g/mol. The second-order valence-electron chi connectivity index (χ2n) is 3.50. The first-order valence-corrected chi connectivity index (χ1v) is 5.35. The van der Waals surface area contributed by atoms with Crippen molar-refractivity contribution in [1.82, 2.24) is 9.78 Å². The topological polar surface area (TPSA) is 57.0 Å². The van der Waals surface area contributed by atoms with Crippen molar-refractivity contribution in [3.63, 3.8) is 0 Å². The average molecular weight is 270 g/mol. The lowest BCUT2D eigenvalue weighted by atomic mass is 10.1. The highest BCUT2D eigenvalue weighted by molar-refractivity contribution is 9.10. The molecular weight excluding hydrogens is 258 g/mol. The molecule has 80 valence electrons. The maximum atomic E-state index is 5.86. The van der Waals surface area contributed by atoms with Gasteiger partial charge in [0.2, 0.25) is 0 Å². The number of hydrogen-bond donors (Lipinski definition) is 1. The van der Waals surface area contributed by atoms with E-state index in [0.717, 1.165) is 22.6 Å². The van der Waals surface area contributed by atoms with Crippen molar-refractivity contribution in [2.24, 2.45) is 7.05 Å². The van der Waals surface area contributed by atoms with Crippen molar-refractivity contribution in [3.8, 4) is 11.3 Å². The van der Waals surface area contributed by atoms with E-state index in [1.807, 2.05) is 27.0 Å². The zero-order valence-corrected chi connectivity index (χ0v) is 10.4. The maximum Gasteiger partial charge on any atom is 0.170 e. The molecule has 0 aliphatic carbocycles. The van der Waals surface area contributed by atoms with Crippen LogP contribution in [0.25, 0.3) is 11.3 Å². The lowest BCUT2D eigenvalue weighted by Gasteiger charge is -1.94. The Hall–Kier alpha value is -1.23. The summed E-state index contributed by atoms with van der Waals surface area (Å²) < 4.78 is 7.78. The van der Waals surface area contributed by atoms with Gasteiger partial charge in [-0.1, -0.05) is 0 Å². The first kappa shape index (κ1) is 10.3. The van der Waals surface area contributed by atoms with Crippen LogP contribution in [0.2, 0.25) is 0 Å². The molecule has 0 amide bonds. The molecule has 4 nitrogen and oxygen atoms in total. The molecule has 0 fully saturated rings. The van der Waals surface area contributed by atoms with Gasteiger partial charge in [0.25, 0.3) is 0 Å². The van der Waals surface area contributed by atoms with Crippen molar-refractivity contribution in [2.75, 3.05) is 5.73 Å². The van der Waals surface area contributed by atoms with Crippen LogP contribution in [0.4, 0.5) is 5.82 Å². The quantitative estimate of drug-likeness (QED) is 0.866. The number of aromatic nitrogens is 2. The van der Waals surface area contributed by atoms with Crippen molar-refractivity contribution in [2.45, 2.75) is 13.8 Å². The van der Waals surface area contributed by atoms with E-state index in [0.29, 0.717) is 10.5 Å². The first-order valence-electron chi connectivity index (χ1n) is 4.56. The van der Waals surface area contributed by atoms with Gasteiger partial charge >= 0.3 is 0 Å². The number of nitrogens with two attached hydrogens (primary N) is 1. The lowest BCUT2D eigenvalue weighted by molar-refractivity contribution is 0.511. The molecule has 2 rings (SSSR count). The number of anilines is 1. The van der Waals surface area contributed by atoms with Crippen LogP contribution < -0.4 is 5.73 Å². The van der Waals surface area contributed by atoms with E-state index in [1.54, 1.807) is 4.68 Å². The number of nitrogens with zero attached hydrogens (tertiary/aromatic N) is 2. The Bertz CT molecular complexity index is 513. The number of furan rings is 1. The predicted octanol–water partition coefficient (Wildman–Crippen LogP) is 2.64. The SMILES string of the molecule is Cc1oc(Br)cc1-c1nn(C)c(N)c1C. The molecule has 0 aromatic carbocycles. The minimum atomic E-state index is 0.682. The molecule has 0 saturated carbocycles. The third-order valence-electron chi connectivity index (χ3n) is 2.48. The van der Waals surface area contributed by atoms with E-state index in [4.69, 9.17) is 10.2 Å². The molecule has 2 heterocycles. The molecule has 0 saturated heterocycles. The summed E-state index contributed by atoms with van der Waals surface area (Å²) in [4.78, 5) is 0. The minimum absolute atomic E-state index is 0.682. The van der Waals surface area contributed by atoms with E-state index in [9.17, 15) is 0 Å². The van der Waals surface area contributed by atoms with Gasteiger partial charge in [-0.25, -0.2) is 0 Å². The Labute approximate surface area is 96.2 Å². The van der Waals surface area contributed by atoms with Crippen LogP contribution in [-0.4, -0.2) is 9.78 Å². The molecular formula is C10H12BrN3O. The van der Waals surface area contributed by atoms with E-state index in [-0.39, 0.29) is 0 Å². The third kappa shape index (κ3) is 1.56. The molecule has 0 spiro atoms. The number of nitrogen functional groups attached to an aromatic ring is 1. The normalized spacial score (nSPS) is 10.9. The van der Waals surface area contributed by atoms with Gasteiger partial charge in [-0.3, -0.25) is 4.68 Å². The lowest BCUT2D eigenvalue weighted by Crippen LogP contribution is -1.97. The molecule has 0 unspecified atom stereocenters. The first-order chi connectivity index (χ1) is 7.00. The fourth-order valence-corrected chi connectivity index (χ4v) is 2.05. The second-order valence-corrected chi connectivity index (χ2v) is 4.28. The zero-order valence-electron chi connectivity index (χ0n) is 8.84.